The van der Waals surface area contributed by atoms with Gasteiger partial charge in [0.05, 0.1) is 0 Å². The molecule has 1 atom stereocenters. The van der Waals surface area contributed by atoms with Crippen molar-refractivity contribution in [3.63, 3.8) is 0 Å². The van der Waals surface area contributed by atoms with Crippen LogP contribution >= 0.6 is 0 Å². The van der Waals surface area contributed by atoms with Crippen LogP contribution < -0.4 is 5.73 Å². The number of carbonyl (C=O) groups excluding carboxylic acids is 1. The number of aromatic nitrogens is 2. The molecule has 0 bridgehead atoms. The van der Waals surface area contributed by atoms with E-state index in [4.69, 9.17) is 5.73 Å². The molecule has 2 aliphatic heterocycles. The van der Waals surface area contributed by atoms with E-state index in [1.54, 1.807) is 12.3 Å². The van der Waals surface area contributed by atoms with Crippen molar-refractivity contribution in [2.75, 3.05) is 31.9 Å². The van der Waals surface area contributed by atoms with Crippen LogP contribution in [0.25, 0.3) is 11.4 Å². The molecule has 27 heavy (non-hydrogen) atoms. The minimum atomic E-state index is 0.138. The van der Waals surface area contributed by atoms with Crippen molar-refractivity contribution in [2.45, 2.75) is 38.1 Å². The summed E-state index contributed by atoms with van der Waals surface area (Å²) in [5.41, 5.74) is 7.34. The number of piperidine rings is 1. The molecule has 2 aliphatic rings. The highest BCUT2D eigenvalue weighted by molar-refractivity contribution is 5.95. The van der Waals surface area contributed by atoms with Crippen molar-refractivity contribution in [2.24, 2.45) is 0 Å². The zero-order chi connectivity index (χ0) is 18.6. The Kier molecular flexibility index (Phi) is 5.34. The number of carbonyl (C=O) groups is 1. The van der Waals surface area contributed by atoms with E-state index >= 15 is 0 Å². The largest absolute Gasteiger partial charge is 0.384 e. The Hall–Kier alpha value is -2.47. The molecule has 0 radical (unpaired) electrons. The Labute approximate surface area is 160 Å². The number of nitrogens with two attached hydrogens (primary N) is 1. The highest BCUT2D eigenvalue weighted by Gasteiger charge is 2.29. The van der Waals surface area contributed by atoms with Gasteiger partial charge in [-0.1, -0.05) is 12.1 Å². The predicted molar refractivity (Wildman–Crippen MR) is 106 cm³/mol. The standard InChI is InChI=1S/C21H27N5O/c22-19-10-11-23-20(24-19)16-6-8-17(9-7-16)21(27)26-14-2-1-5-18(26)15-25-12-3-4-13-25/h6-11,18H,1-5,12-15H2,(H2,22,23,24)/t18-/m0/s1. The number of benzene rings is 1. The molecule has 2 fully saturated rings. The quantitative estimate of drug-likeness (QED) is 0.902. The number of likely N-dealkylation sites (tertiary alicyclic amines) is 2. The van der Waals surface area contributed by atoms with Gasteiger partial charge in [-0.15, -0.1) is 0 Å². The Balaban J connectivity index is 1.48. The molecule has 4 rings (SSSR count). The molecule has 2 aromatic rings. The number of nitrogens with zero attached hydrogens (tertiary/aromatic N) is 4. The molecular formula is C21H27N5O. The van der Waals surface area contributed by atoms with Gasteiger partial charge in [-0.3, -0.25) is 4.79 Å². The fraction of sp³-hybridized carbons (Fsp3) is 0.476. The first-order valence-corrected chi connectivity index (χ1v) is 9.93. The van der Waals surface area contributed by atoms with Gasteiger partial charge >= 0.3 is 0 Å². The first-order chi connectivity index (χ1) is 13.2. The molecule has 6 heteroatoms. The van der Waals surface area contributed by atoms with Crippen molar-refractivity contribution < 1.29 is 4.79 Å². The summed E-state index contributed by atoms with van der Waals surface area (Å²) in [6.07, 6.45) is 7.64. The maximum atomic E-state index is 13.1. The lowest BCUT2D eigenvalue weighted by Crippen LogP contribution is -2.49. The first-order valence-electron chi connectivity index (χ1n) is 9.93. The average Bonchev–Trinajstić information content (AvgIpc) is 3.21. The van der Waals surface area contributed by atoms with Crippen LogP contribution in [0.5, 0.6) is 0 Å². The van der Waals surface area contributed by atoms with Crippen LogP contribution in [0.2, 0.25) is 0 Å². The van der Waals surface area contributed by atoms with Crippen LogP contribution in [0.15, 0.2) is 36.5 Å². The summed E-state index contributed by atoms with van der Waals surface area (Å²) in [5, 5.41) is 0. The van der Waals surface area contributed by atoms with Crippen LogP contribution in [0, 0.1) is 0 Å². The van der Waals surface area contributed by atoms with E-state index in [9.17, 15) is 4.79 Å². The highest BCUT2D eigenvalue weighted by Crippen LogP contribution is 2.23. The van der Waals surface area contributed by atoms with E-state index in [-0.39, 0.29) is 5.91 Å². The van der Waals surface area contributed by atoms with E-state index < -0.39 is 0 Å². The zero-order valence-corrected chi connectivity index (χ0v) is 15.7. The third-order valence-corrected chi connectivity index (χ3v) is 5.62. The maximum Gasteiger partial charge on any atom is 0.254 e. The summed E-state index contributed by atoms with van der Waals surface area (Å²) < 4.78 is 0. The Bertz CT molecular complexity index is 785. The van der Waals surface area contributed by atoms with Gasteiger partial charge < -0.3 is 15.5 Å². The highest BCUT2D eigenvalue weighted by atomic mass is 16.2. The van der Waals surface area contributed by atoms with Gasteiger partial charge in [0, 0.05) is 36.5 Å². The van der Waals surface area contributed by atoms with Gasteiger partial charge in [0.15, 0.2) is 5.82 Å². The summed E-state index contributed by atoms with van der Waals surface area (Å²) in [5.74, 6) is 1.16. The monoisotopic (exact) mass is 365 g/mol. The number of amides is 1. The van der Waals surface area contributed by atoms with Crippen LogP contribution in [-0.2, 0) is 0 Å². The minimum absolute atomic E-state index is 0.138. The van der Waals surface area contributed by atoms with Crippen molar-refractivity contribution in [1.29, 1.82) is 0 Å². The van der Waals surface area contributed by atoms with Crippen molar-refractivity contribution in [3.8, 4) is 11.4 Å². The molecule has 0 spiro atoms. The van der Waals surface area contributed by atoms with Crippen LogP contribution in [0.1, 0.15) is 42.5 Å². The molecule has 1 aromatic carbocycles. The molecule has 6 nitrogen and oxygen atoms in total. The number of hydrogen-bond donors (Lipinski definition) is 1. The second-order valence-electron chi connectivity index (χ2n) is 7.54. The van der Waals surface area contributed by atoms with Gasteiger partial charge in [-0.05, 0) is 63.4 Å². The normalized spacial score (nSPS) is 20.7. The molecule has 0 aliphatic carbocycles. The second kappa shape index (κ2) is 8.05. The lowest BCUT2D eigenvalue weighted by Gasteiger charge is -2.38. The number of rotatable bonds is 4. The van der Waals surface area contributed by atoms with Gasteiger partial charge in [0.1, 0.15) is 5.82 Å². The van der Waals surface area contributed by atoms with Gasteiger partial charge in [0.2, 0.25) is 0 Å². The van der Waals surface area contributed by atoms with E-state index in [1.165, 1.54) is 32.4 Å². The molecule has 2 saturated heterocycles. The van der Waals surface area contributed by atoms with Gasteiger partial charge in [-0.25, -0.2) is 9.97 Å². The van der Waals surface area contributed by atoms with Crippen molar-refractivity contribution >= 4 is 11.7 Å². The third-order valence-electron chi connectivity index (χ3n) is 5.62. The number of hydrogen-bond acceptors (Lipinski definition) is 5. The summed E-state index contributed by atoms with van der Waals surface area (Å²) >= 11 is 0. The molecule has 0 unspecified atom stereocenters. The van der Waals surface area contributed by atoms with Crippen LogP contribution in [-0.4, -0.2) is 57.9 Å². The fourth-order valence-electron chi connectivity index (χ4n) is 4.16. The Morgan fingerprint density at radius 2 is 1.78 bits per heavy atom. The summed E-state index contributed by atoms with van der Waals surface area (Å²) in [6.45, 7) is 4.22. The summed E-state index contributed by atoms with van der Waals surface area (Å²) in [6, 6.07) is 9.57. The van der Waals surface area contributed by atoms with E-state index in [1.807, 2.05) is 24.3 Å². The lowest BCUT2D eigenvalue weighted by atomic mass is 10.00. The number of nitrogen functional groups attached to an aromatic ring is 1. The van der Waals surface area contributed by atoms with Gasteiger partial charge in [0.25, 0.3) is 5.91 Å². The second-order valence-corrected chi connectivity index (χ2v) is 7.54. The number of anilines is 1. The minimum Gasteiger partial charge on any atom is -0.384 e. The van der Waals surface area contributed by atoms with Crippen LogP contribution in [0.4, 0.5) is 5.82 Å². The molecule has 1 amide bonds. The SMILES string of the molecule is Nc1ccnc(-c2ccc(C(=O)N3CCCC[C@H]3CN3CCCC3)cc2)n1. The summed E-state index contributed by atoms with van der Waals surface area (Å²) in [4.78, 5) is 26.2. The molecule has 0 saturated carbocycles. The Morgan fingerprint density at radius 1 is 1.04 bits per heavy atom. The van der Waals surface area contributed by atoms with E-state index in [0.29, 0.717) is 17.7 Å². The molecule has 142 valence electrons. The van der Waals surface area contributed by atoms with E-state index in [2.05, 4.69) is 19.8 Å². The topological polar surface area (TPSA) is 75.3 Å². The van der Waals surface area contributed by atoms with Crippen molar-refractivity contribution in [1.82, 2.24) is 19.8 Å². The predicted octanol–water partition coefficient (Wildman–Crippen LogP) is 2.82. The molecular weight excluding hydrogens is 338 g/mol. The van der Waals surface area contributed by atoms with E-state index in [0.717, 1.165) is 37.1 Å². The van der Waals surface area contributed by atoms with Crippen molar-refractivity contribution in [3.05, 3.63) is 42.1 Å². The smallest absolute Gasteiger partial charge is 0.254 e. The Morgan fingerprint density at radius 3 is 2.52 bits per heavy atom. The molecule has 1 aromatic heterocycles. The lowest BCUT2D eigenvalue weighted by molar-refractivity contribution is 0.0560. The molecule has 2 N–H and O–H groups in total. The first kappa shape index (κ1) is 17.9. The summed E-state index contributed by atoms with van der Waals surface area (Å²) in [7, 11) is 0. The van der Waals surface area contributed by atoms with Gasteiger partial charge in [-0.2, -0.15) is 0 Å². The van der Waals surface area contributed by atoms with Crippen LogP contribution in [0.3, 0.4) is 0 Å². The zero-order valence-electron chi connectivity index (χ0n) is 15.7. The third kappa shape index (κ3) is 4.11. The maximum absolute atomic E-state index is 13.1. The molecule has 3 heterocycles. The average molecular weight is 365 g/mol. The fourth-order valence-corrected chi connectivity index (χ4v) is 4.16.